The van der Waals surface area contributed by atoms with Crippen molar-refractivity contribution in [2.24, 2.45) is 5.41 Å². The Balaban J connectivity index is 2.53. The van der Waals surface area contributed by atoms with E-state index >= 15 is 0 Å². The molecule has 0 radical (unpaired) electrons. The van der Waals surface area contributed by atoms with Crippen LogP contribution in [0.2, 0.25) is 0 Å². The fourth-order valence-corrected chi connectivity index (χ4v) is 2.86. The molecule has 0 bridgehead atoms. The van der Waals surface area contributed by atoms with Gasteiger partial charge in [-0.2, -0.15) is 0 Å². The van der Waals surface area contributed by atoms with Crippen molar-refractivity contribution < 1.29 is 0 Å². The molecule has 1 unspecified atom stereocenters. The average Bonchev–Trinajstić information content (AvgIpc) is 2.30. The van der Waals surface area contributed by atoms with Crippen LogP contribution < -0.4 is 5.32 Å². The molecule has 18 heavy (non-hydrogen) atoms. The van der Waals surface area contributed by atoms with Crippen molar-refractivity contribution in [1.29, 1.82) is 0 Å². The minimum Gasteiger partial charge on any atom is -0.319 e. The molecule has 1 rings (SSSR count). The number of hydrogen-bond donors (Lipinski definition) is 1. The van der Waals surface area contributed by atoms with Gasteiger partial charge in [-0.05, 0) is 31.5 Å². The van der Waals surface area contributed by atoms with E-state index in [1.165, 1.54) is 18.4 Å². The molecule has 1 aromatic carbocycles. The zero-order valence-corrected chi connectivity index (χ0v) is 12.4. The van der Waals surface area contributed by atoms with E-state index in [0.29, 0.717) is 5.41 Å². The highest BCUT2D eigenvalue weighted by Gasteiger charge is 2.24. The molecule has 0 spiro atoms. The topological polar surface area (TPSA) is 15.3 Å². The number of benzene rings is 1. The summed E-state index contributed by atoms with van der Waals surface area (Å²) in [6.07, 6.45) is 2.52. The van der Waals surface area contributed by atoms with Crippen LogP contribution in [0.1, 0.15) is 32.3 Å². The monoisotopic (exact) mass is 248 g/mol. The van der Waals surface area contributed by atoms with Crippen molar-refractivity contribution in [3.05, 3.63) is 35.9 Å². The van der Waals surface area contributed by atoms with Crippen LogP contribution in [0.4, 0.5) is 0 Å². The van der Waals surface area contributed by atoms with Gasteiger partial charge in [-0.15, -0.1) is 0 Å². The molecule has 1 N–H and O–H groups in total. The molecule has 0 fully saturated rings. The molecule has 0 saturated carbocycles. The molecule has 1 aromatic rings. The highest BCUT2D eigenvalue weighted by atomic mass is 15.1. The smallest absolute Gasteiger partial charge is 0.0230 e. The van der Waals surface area contributed by atoms with Gasteiger partial charge in [0.1, 0.15) is 0 Å². The van der Waals surface area contributed by atoms with Gasteiger partial charge in [0.15, 0.2) is 0 Å². The normalized spacial score (nSPS) is 14.7. The molecule has 0 saturated heterocycles. The van der Waals surface area contributed by atoms with E-state index in [9.17, 15) is 0 Å². The first-order valence-electron chi connectivity index (χ1n) is 6.97. The maximum absolute atomic E-state index is 3.34. The minimum absolute atomic E-state index is 0.368. The lowest BCUT2D eigenvalue weighted by molar-refractivity contribution is 0.171. The molecule has 102 valence electrons. The van der Waals surface area contributed by atoms with Crippen molar-refractivity contribution in [1.82, 2.24) is 10.2 Å². The second-order valence-electron chi connectivity index (χ2n) is 5.75. The van der Waals surface area contributed by atoms with Gasteiger partial charge in [0.05, 0.1) is 0 Å². The number of nitrogens with zero attached hydrogens (tertiary/aromatic N) is 1. The fourth-order valence-electron chi connectivity index (χ4n) is 2.86. The summed E-state index contributed by atoms with van der Waals surface area (Å²) in [4.78, 5) is 2.43. The summed E-state index contributed by atoms with van der Waals surface area (Å²) in [6.45, 7) is 7.90. The van der Waals surface area contributed by atoms with Crippen LogP contribution in [0.25, 0.3) is 0 Å². The fraction of sp³-hybridized carbons (Fsp3) is 0.625. The van der Waals surface area contributed by atoms with Crippen molar-refractivity contribution in [3.63, 3.8) is 0 Å². The molecule has 0 aliphatic heterocycles. The van der Waals surface area contributed by atoms with E-state index < -0.39 is 0 Å². The molecule has 0 heterocycles. The Morgan fingerprint density at radius 1 is 1.22 bits per heavy atom. The van der Waals surface area contributed by atoms with Crippen LogP contribution in [0, 0.1) is 5.41 Å². The van der Waals surface area contributed by atoms with E-state index in [1.54, 1.807) is 0 Å². The van der Waals surface area contributed by atoms with Crippen LogP contribution >= 0.6 is 0 Å². The Kier molecular flexibility index (Phi) is 6.37. The second-order valence-corrected chi connectivity index (χ2v) is 5.75. The maximum atomic E-state index is 3.34. The van der Waals surface area contributed by atoms with Crippen LogP contribution in [0.5, 0.6) is 0 Å². The first-order chi connectivity index (χ1) is 8.59. The van der Waals surface area contributed by atoms with E-state index in [0.717, 1.165) is 19.6 Å². The van der Waals surface area contributed by atoms with Gasteiger partial charge in [-0.25, -0.2) is 0 Å². The van der Waals surface area contributed by atoms with E-state index in [4.69, 9.17) is 0 Å². The second kappa shape index (κ2) is 7.55. The molecular formula is C16H28N2. The van der Waals surface area contributed by atoms with E-state index in [2.05, 4.69) is 61.4 Å². The predicted octanol–water partition coefficient (Wildman–Crippen LogP) is 3.14. The standard InChI is InChI=1S/C16H28N2/c1-5-11-16(2,13-17-3)14-18(4)12-15-9-7-6-8-10-15/h6-10,17H,5,11-14H2,1-4H3. The van der Waals surface area contributed by atoms with Crippen molar-refractivity contribution >= 4 is 0 Å². The summed E-state index contributed by atoms with van der Waals surface area (Å²) < 4.78 is 0. The molecule has 1 atom stereocenters. The Hall–Kier alpha value is -0.860. The van der Waals surface area contributed by atoms with E-state index in [1.807, 2.05) is 7.05 Å². The minimum atomic E-state index is 0.368. The average molecular weight is 248 g/mol. The summed E-state index contributed by atoms with van der Waals surface area (Å²) >= 11 is 0. The lowest BCUT2D eigenvalue weighted by atomic mass is 9.85. The third-order valence-corrected chi connectivity index (χ3v) is 3.40. The zero-order chi connectivity index (χ0) is 13.4. The third kappa shape index (κ3) is 5.19. The first-order valence-corrected chi connectivity index (χ1v) is 6.97. The van der Waals surface area contributed by atoms with Gasteiger partial charge in [0, 0.05) is 19.6 Å². The highest BCUT2D eigenvalue weighted by molar-refractivity contribution is 5.14. The summed E-state index contributed by atoms with van der Waals surface area (Å²) in [5.74, 6) is 0. The van der Waals surface area contributed by atoms with E-state index in [-0.39, 0.29) is 0 Å². The summed E-state index contributed by atoms with van der Waals surface area (Å²) in [7, 11) is 4.27. The molecular weight excluding hydrogens is 220 g/mol. The summed E-state index contributed by atoms with van der Waals surface area (Å²) in [5, 5.41) is 3.34. The SMILES string of the molecule is CCCC(C)(CNC)CN(C)Cc1ccccc1. The Morgan fingerprint density at radius 3 is 2.44 bits per heavy atom. The van der Waals surface area contributed by atoms with Crippen LogP contribution in [0.15, 0.2) is 30.3 Å². The van der Waals surface area contributed by atoms with Crippen LogP contribution in [-0.4, -0.2) is 32.1 Å². The Labute approximate surface area is 112 Å². The summed E-state index contributed by atoms with van der Waals surface area (Å²) in [6, 6.07) is 10.7. The van der Waals surface area contributed by atoms with Gasteiger partial charge in [0.2, 0.25) is 0 Å². The van der Waals surface area contributed by atoms with Gasteiger partial charge in [-0.3, -0.25) is 0 Å². The first kappa shape index (κ1) is 15.2. The Bertz CT molecular complexity index is 315. The third-order valence-electron chi connectivity index (χ3n) is 3.40. The number of nitrogens with one attached hydrogen (secondary N) is 1. The number of rotatable bonds is 8. The lowest BCUT2D eigenvalue weighted by Crippen LogP contribution is -2.39. The Morgan fingerprint density at radius 2 is 1.89 bits per heavy atom. The predicted molar refractivity (Wildman–Crippen MR) is 79.7 cm³/mol. The molecule has 0 aromatic heterocycles. The van der Waals surface area contributed by atoms with Crippen molar-refractivity contribution in [2.45, 2.75) is 33.2 Å². The van der Waals surface area contributed by atoms with Gasteiger partial charge in [-0.1, -0.05) is 50.6 Å². The zero-order valence-electron chi connectivity index (χ0n) is 12.4. The van der Waals surface area contributed by atoms with Crippen molar-refractivity contribution in [3.8, 4) is 0 Å². The van der Waals surface area contributed by atoms with Gasteiger partial charge >= 0.3 is 0 Å². The summed E-state index contributed by atoms with van der Waals surface area (Å²) in [5.41, 5.74) is 1.76. The molecule has 2 heteroatoms. The molecule has 2 nitrogen and oxygen atoms in total. The maximum Gasteiger partial charge on any atom is 0.0230 e. The van der Waals surface area contributed by atoms with Crippen LogP contribution in [0.3, 0.4) is 0 Å². The van der Waals surface area contributed by atoms with Crippen LogP contribution in [-0.2, 0) is 6.54 Å². The van der Waals surface area contributed by atoms with Gasteiger partial charge < -0.3 is 10.2 Å². The lowest BCUT2D eigenvalue weighted by Gasteiger charge is -2.33. The highest BCUT2D eigenvalue weighted by Crippen LogP contribution is 2.24. The number of hydrogen-bond acceptors (Lipinski definition) is 2. The largest absolute Gasteiger partial charge is 0.319 e. The molecule has 0 amide bonds. The molecule has 0 aliphatic rings. The quantitative estimate of drug-likeness (QED) is 0.760. The molecule has 0 aliphatic carbocycles. The van der Waals surface area contributed by atoms with Crippen molar-refractivity contribution in [2.75, 3.05) is 27.2 Å². The van der Waals surface area contributed by atoms with Gasteiger partial charge in [0.25, 0.3) is 0 Å².